The summed E-state index contributed by atoms with van der Waals surface area (Å²) in [6.45, 7) is 2.43. The summed E-state index contributed by atoms with van der Waals surface area (Å²) in [5.41, 5.74) is 0. The summed E-state index contributed by atoms with van der Waals surface area (Å²) in [7, 11) is -9.82. The molecule has 0 aliphatic carbocycles. The number of phosphoric acid groups is 2. The smallest absolute Gasteiger partial charge is 0.463 e. The summed E-state index contributed by atoms with van der Waals surface area (Å²) in [5, 5.41) is 20.7. The number of ether oxygens (including phenoxy) is 3. The van der Waals surface area contributed by atoms with Gasteiger partial charge in [-0.1, -0.05) is 370 Å². The van der Waals surface area contributed by atoms with E-state index >= 15 is 0 Å². The van der Waals surface area contributed by atoms with Gasteiger partial charge in [0.1, 0.15) is 25.4 Å². The molecule has 0 saturated heterocycles. The van der Waals surface area contributed by atoms with E-state index in [-0.39, 0.29) is 19.3 Å². The minimum atomic E-state index is -4.95. The van der Waals surface area contributed by atoms with Crippen LogP contribution in [0.4, 0.5) is 0 Å². The highest BCUT2D eigenvalue weighted by atomic mass is 31.2. The lowest BCUT2D eigenvalue weighted by Crippen LogP contribution is -2.30. The maximum Gasteiger partial charge on any atom is 0.472 e. The Hall–Kier alpha value is -5.35. The van der Waals surface area contributed by atoms with Crippen LogP contribution in [-0.2, 0) is 55.8 Å². The van der Waals surface area contributed by atoms with Crippen molar-refractivity contribution in [1.82, 2.24) is 0 Å². The molecule has 117 heavy (non-hydrogen) atoms. The van der Waals surface area contributed by atoms with Crippen LogP contribution in [0.2, 0.25) is 0 Å². The van der Waals surface area contributed by atoms with Gasteiger partial charge in [-0.3, -0.25) is 32.5 Å². The Balaban J connectivity index is 4.62. The maximum atomic E-state index is 13.1. The summed E-state index contributed by atoms with van der Waals surface area (Å²) >= 11 is 0. The Labute approximate surface area is 713 Å². The van der Waals surface area contributed by atoms with Crippen molar-refractivity contribution in [3.8, 4) is 0 Å². The van der Waals surface area contributed by atoms with Gasteiger partial charge in [0.05, 0.1) is 26.4 Å². The molecule has 0 rings (SSSR count). The van der Waals surface area contributed by atoms with Crippen molar-refractivity contribution >= 4 is 33.6 Å². The summed E-state index contributed by atoms with van der Waals surface area (Å²) < 4.78 is 61.5. The van der Waals surface area contributed by atoms with Gasteiger partial charge in [-0.05, 0) is 161 Å². The second kappa shape index (κ2) is 89.9. The van der Waals surface area contributed by atoms with Crippen LogP contribution in [0.5, 0.6) is 0 Å². The fraction of sp³-hybridized carbons (Fsp3) is 0.667. The monoisotopic (exact) mass is 1670 g/mol. The topological polar surface area (TPSA) is 231 Å². The van der Waals surface area contributed by atoms with E-state index in [1.807, 2.05) is 0 Å². The predicted molar refractivity (Wildman–Crippen MR) is 491 cm³/mol. The summed E-state index contributed by atoms with van der Waals surface area (Å²) in [6, 6.07) is 0. The first kappa shape index (κ1) is 112. The second-order valence-corrected chi connectivity index (χ2v) is 33.2. The molecule has 4 N–H and O–H groups in total. The molecule has 0 saturated carbocycles. The molecule has 0 aromatic heterocycles. The number of esters is 3. The van der Waals surface area contributed by atoms with Crippen molar-refractivity contribution < 1.29 is 75.8 Å². The quantitative estimate of drug-likeness (QED) is 0.0146. The molecule has 0 aromatic carbocycles. The fourth-order valence-electron chi connectivity index (χ4n) is 12.2. The molecule has 0 fully saturated rings. The third-order valence-corrected chi connectivity index (χ3v) is 21.0. The molecule has 0 bridgehead atoms. The lowest BCUT2D eigenvalue weighted by molar-refractivity contribution is -0.161. The molecule has 0 heterocycles. The Morgan fingerprint density at radius 3 is 0.718 bits per heavy atom. The molecule has 0 spiro atoms. The number of aliphatic hydroxyl groups is 2. The number of allylic oxidation sites excluding steroid dienone is 30. The van der Waals surface area contributed by atoms with Crippen LogP contribution in [-0.4, -0.2) is 95.9 Å². The number of aliphatic hydroxyl groups excluding tert-OH is 2. The number of rotatable bonds is 86. The van der Waals surface area contributed by atoms with Crippen LogP contribution in [0.1, 0.15) is 367 Å². The highest BCUT2D eigenvalue weighted by Gasteiger charge is 2.29. The number of hydrogen-bond acceptors (Lipinski definition) is 14. The third kappa shape index (κ3) is 91.2. The van der Waals surface area contributed by atoms with E-state index in [2.05, 4.69) is 203 Å². The van der Waals surface area contributed by atoms with E-state index in [0.717, 1.165) is 180 Å². The lowest BCUT2D eigenvalue weighted by Gasteiger charge is -2.21. The number of unbranched alkanes of at least 4 members (excludes halogenated alkanes) is 33. The van der Waals surface area contributed by atoms with E-state index in [0.29, 0.717) is 19.3 Å². The van der Waals surface area contributed by atoms with Crippen LogP contribution in [0.25, 0.3) is 0 Å². The number of carbonyl (C=O) groups excluding carboxylic acids is 3. The van der Waals surface area contributed by atoms with Crippen molar-refractivity contribution in [3.05, 3.63) is 182 Å². The molecule has 16 nitrogen and oxygen atoms in total. The average Bonchev–Trinajstić information content (AvgIpc) is 0.900. The zero-order valence-corrected chi connectivity index (χ0v) is 75.4. The van der Waals surface area contributed by atoms with Gasteiger partial charge in [0.2, 0.25) is 0 Å². The van der Waals surface area contributed by atoms with Crippen LogP contribution < -0.4 is 0 Å². The van der Waals surface area contributed by atoms with E-state index < -0.39 is 91.5 Å². The van der Waals surface area contributed by atoms with Crippen molar-refractivity contribution in [3.63, 3.8) is 0 Å². The fourth-order valence-corrected chi connectivity index (χ4v) is 13.8. The Bertz CT molecular complexity index is 2860. The third-order valence-electron chi connectivity index (χ3n) is 19.1. The number of carbonyl (C=O) groups is 3. The zero-order chi connectivity index (χ0) is 85.1. The molecular weight excluding hydrogens is 1510 g/mol. The Morgan fingerprint density at radius 2 is 0.453 bits per heavy atom. The normalized spacial score (nSPS) is 14.6. The summed E-state index contributed by atoms with van der Waals surface area (Å²) in [6.07, 6.45) is 118. The molecule has 5 atom stereocenters. The average molecular weight is 1670 g/mol. The number of hydrogen-bond donors (Lipinski definition) is 4. The summed E-state index contributed by atoms with van der Waals surface area (Å²) in [4.78, 5) is 59.0. The van der Waals surface area contributed by atoms with Crippen molar-refractivity contribution in [2.24, 2.45) is 0 Å². The molecule has 0 aliphatic heterocycles. The molecule has 18 heteroatoms. The van der Waals surface area contributed by atoms with Gasteiger partial charge in [0.25, 0.3) is 0 Å². The van der Waals surface area contributed by atoms with Gasteiger partial charge in [0, 0.05) is 19.3 Å². The van der Waals surface area contributed by atoms with Gasteiger partial charge < -0.3 is 34.2 Å². The standard InChI is InChI=1S/C99H166O16P2/c1-4-7-10-13-16-19-22-25-28-31-34-37-39-41-43-45-46-48-50-51-53-56-58-61-64-67-70-73-76-79-82-85-97(102)109-88-94(100)89-111-116(105,106)112-90-95(101)91-113-117(107,108)114-93-96(115-99(104)87-84-81-78-75-72-69-66-63-60-55-36-33-30-27-24-21-18-15-12-9-6-3)92-110-98(103)86-83-80-77-74-71-68-65-62-59-57-54-52-49-47-44-42-40-38-35-32-29-26-23-20-17-14-11-8-5-2/h7-8,10-11,16-21,25-30,34-38,41-44,49,52,55,63,66,94-96,100-101H,4-6,9,12-15,22-24,31-33,39-40,45-48,50-51,53-54,56-62,64-65,67-93H2,1-3H3,(H,105,106)(H,107,108)/b10-7-,11-8-,19-16-,20-17-,21-18-,28-25-,29-26-,30-27-,37-34-,38-35-,43-41-,44-42-,52-49-,55-36-,66-63-. The van der Waals surface area contributed by atoms with Gasteiger partial charge in [-0.2, -0.15) is 0 Å². The largest absolute Gasteiger partial charge is 0.472 e. The molecule has 0 aliphatic rings. The van der Waals surface area contributed by atoms with E-state index in [1.165, 1.54) is 128 Å². The minimum absolute atomic E-state index is 0.0775. The van der Waals surface area contributed by atoms with Crippen LogP contribution in [0.15, 0.2) is 182 Å². The van der Waals surface area contributed by atoms with Crippen LogP contribution in [0.3, 0.4) is 0 Å². The molecule has 668 valence electrons. The SMILES string of the molecule is CC/C=C\C/C=C\C/C=C\C/C=C\C/C=C\C/C=C\CCCCCCCCCCCCC(=O)OCC(COP(=O)(O)OCC(O)COP(=O)(O)OCC(O)COC(=O)CCCCCCCCCCCCCCCCC/C=C\C/C=C\C/C=C\C/C=C\C/C=C\CC)OC(=O)CCCCCCC/C=C\C/C=C\C/C=C\C/C=C\CCCCC. The lowest BCUT2D eigenvalue weighted by atomic mass is 10.0. The second-order valence-electron chi connectivity index (χ2n) is 30.3. The minimum Gasteiger partial charge on any atom is -0.463 e. The molecule has 0 aromatic rings. The first-order valence-corrected chi connectivity index (χ1v) is 49.1. The zero-order valence-electron chi connectivity index (χ0n) is 73.6. The predicted octanol–water partition coefficient (Wildman–Crippen LogP) is 28.4. The molecule has 5 unspecified atom stereocenters. The van der Waals surface area contributed by atoms with E-state index in [9.17, 15) is 43.5 Å². The first-order valence-electron chi connectivity index (χ1n) is 46.1. The van der Waals surface area contributed by atoms with Crippen molar-refractivity contribution in [2.45, 2.75) is 386 Å². The van der Waals surface area contributed by atoms with E-state index in [4.69, 9.17) is 32.3 Å². The maximum absolute atomic E-state index is 13.1. The Morgan fingerprint density at radius 1 is 0.248 bits per heavy atom. The van der Waals surface area contributed by atoms with Gasteiger partial charge >= 0.3 is 33.6 Å². The molecule has 0 amide bonds. The number of phosphoric ester groups is 2. The van der Waals surface area contributed by atoms with Crippen LogP contribution >= 0.6 is 15.6 Å². The van der Waals surface area contributed by atoms with E-state index in [1.54, 1.807) is 0 Å². The highest BCUT2D eigenvalue weighted by Crippen LogP contribution is 2.45. The van der Waals surface area contributed by atoms with Crippen LogP contribution in [0, 0.1) is 0 Å². The Kier molecular flexibility index (Phi) is 85.8. The molecule has 0 radical (unpaired) electrons. The van der Waals surface area contributed by atoms with Crippen molar-refractivity contribution in [1.29, 1.82) is 0 Å². The van der Waals surface area contributed by atoms with Gasteiger partial charge in [0.15, 0.2) is 6.10 Å². The highest BCUT2D eigenvalue weighted by molar-refractivity contribution is 7.47. The molecular formula is C99H166O16P2. The van der Waals surface area contributed by atoms with Gasteiger partial charge in [-0.25, -0.2) is 9.13 Å². The summed E-state index contributed by atoms with van der Waals surface area (Å²) in [5.74, 6) is -1.60. The van der Waals surface area contributed by atoms with Crippen molar-refractivity contribution in [2.75, 3.05) is 39.6 Å². The van der Waals surface area contributed by atoms with Gasteiger partial charge in [-0.15, -0.1) is 0 Å². The first-order chi connectivity index (χ1) is 57.2.